The second kappa shape index (κ2) is 3.27. The lowest BCUT2D eigenvalue weighted by Gasteiger charge is -1.97. The normalized spacial score (nSPS) is 12.1. The largest absolute Gasteiger partial charge is 0.139 e. The van der Waals surface area contributed by atoms with Gasteiger partial charge in [-0.05, 0) is 34.0 Å². The topological polar surface area (TPSA) is 0 Å². The Hall–Kier alpha value is -1.04. The molecule has 1 atom stereocenters. The molecule has 0 aliphatic rings. The molecule has 14 heavy (non-hydrogen) atoms. The molecule has 1 unspecified atom stereocenters. The first-order valence-corrected chi connectivity index (χ1v) is 6.84. The summed E-state index contributed by atoms with van der Waals surface area (Å²) in [6, 6.07) is 15.2. The molecule has 3 aromatic rings. The maximum atomic E-state index is 2.35. The first-order valence-electron chi connectivity index (χ1n) is 4.55. The summed E-state index contributed by atoms with van der Waals surface area (Å²) in [6.45, 7) is 0. The molecule has 2 heterocycles. The Morgan fingerprint density at radius 2 is 1.79 bits per heavy atom. The van der Waals surface area contributed by atoms with Gasteiger partial charge in [-0.3, -0.25) is 0 Å². The highest BCUT2D eigenvalue weighted by atomic mass is 32.1. The van der Waals surface area contributed by atoms with Gasteiger partial charge in [-0.2, -0.15) is 0 Å². The number of hydrogen-bond donors (Lipinski definition) is 0. The number of fused-ring (bicyclic) bond motifs is 1. The van der Waals surface area contributed by atoms with Crippen molar-refractivity contribution in [3.8, 4) is 5.30 Å². The van der Waals surface area contributed by atoms with Crippen LogP contribution in [0.3, 0.4) is 0 Å². The van der Waals surface area contributed by atoms with Crippen molar-refractivity contribution in [2.45, 2.75) is 0 Å². The molecule has 1 aromatic carbocycles. The summed E-state index contributed by atoms with van der Waals surface area (Å²) in [4.78, 5) is 0. The second-order valence-corrected chi connectivity index (χ2v) is 6.42. The van der Waals surface area contributed by atoms with Crippen molar-refractivity contribution in [2.75, 3.05) is 0 Å². The molecule has 0 radical (unpaired) electrons. The molecule has 0 fully saturated rings. The van der Waals surface area contributed by atoms with Gasteiger partial charge in [-0.15, -0.1) is 11.3 Å². The first kappa shape index (κ1) is 8.28. The van der Waals surface area contributed by atoms with Gasteiger partial charge in [0.15, 0.2) is 0 Å². The zero-order valence-electron chi connectivity index (χ0n) is 7.55. The average molecular weight is 216 g/mol. The van der Waals surface area contributed by atoms with Gasteiger partial charge in [-0.1, -0.05) is 37.9 Å². The summed E-state index contributed by atoms with van der Waals surface area (Å²) >= 11 is 1.88. The lowest BCUT2D eigenvalue weighted by atomic mass is 10.4. The fourth-order valence-corrected chi connectivity index (χ4v) is 5.17. The third-order valence-corrected chi connectivity index (χ3v) is 5.97. The Balaban J connectivity index is 2.28. The summed E-state index contributed by atoms with van der Waals surface area (Å²) in [5.41, 5.74) is 0. The Labute approximate surface area is 87.9 Å². The standard InChI is InChI=1S/C12H9PS/c1-2-4-11(5-3-1)13-8-6-10-7-9-14-12(10)13/h1-9H. The van der Waals surface area contributed by atoms with Crippen molar-refractivity contribution in [1.29, 1.82) is 0 Å². The van der Waals surface area contributed by atoms with Gasteiger partial charge in [0.2, 0.25) is 0 Å². The van der Waals surface area contributed by atoms with E-state index in [9.17, 15) is 0 Å². The van der Waals surface area contributed by atoms with Crippen molar-refractivity contribution in [3.05, 3.63) is 53.6 Å². The Morgan fingerprint density at radius 3 is 2.64 bits per heavy atom. The predicted octanol–water partition coefficient (Wildman–Crippen LogP) is 4.88. The van der Waals surface area contributed by atoms with E-state index in [2.05, 4.69) is 53.6 Å². The van der Waals surface area contributed by atoms with Crippen LogP contribution in [0.4, 0.5) is 0 Å². The van der Waals surface area contributed by atoms with Gasteiger partial charge in [0.25, 0.3) is 0 Å². The third kappa shape index (κ3) is 1.21. The van der Waals surface area contributed by atoms with Crippen LogP contribution in [0.2, 0.25) is 0 Å². The molecule has 0 nitrogen and oxygen atoms in total. The second-order valence-electron chi connectivity index (χ2n) is 3.20. The zero-order valence-corrected chi connectivity index (χ0v) is 9.26. The van der Waals surface area contributed by atoms with E-state index in [-0.39, 0.29) is 7.53 Å². The molecule has 0 bridgehead atoms. The van der Waals surface area contributed by atoms with Gasteiger partial charge >= 0.3 is 0 Å². The van der Waals surface area contributed by atoms with Crippen LogP contribution >= 0.6 is 18.9 Å². The van der Waals surface area contributed by atoms with Crippen molar-refractivity contribution < 1.29 is 0 Å². The van der Waals surface area contributed by atoms with Crippen molar-refractivity contribution in [1.82, 2.24) is 0 Å². The van der Waals surface area contributed by atoms with E-state index in [0.29, 0.717) is 0 Å². The number of hydrogen-bond acceptors (Lipinski definition) is 1. The van der Waals surface area contributed by atoms with E-state index in [1.165, 1.54) is 10.7 Å². The quantitative estimate of drug-likeness (QED) is 0.544. The molecule has 2 heteroatoms. The molecule has 2 aromatic heterocycles. The SMILES string of the molecule is c1ccc(-p2ccc3ccsc32)cc1. The summed E-state index contributed by atoms with van der Waals surface area (Å²) in [5.74, 6) is 2.35. The molecule has 0 saturated carbocycles. The van der Waals surface area contributed by atoms with Crippen LogP contribution in [0, 0.1) is 0 Å². The highest BCUT2D eigenvalue weighted by molar-refractivity contribution is 7.67. The number of thiophene rings is 1. The van der Waals surface area contributed by atoms with Crippen LogP contribution in [-0.4, -0.2) is 0 Å². The molecular formula is C12H9PS. The molecule has 3 rings (SSSR count). The smallest absolute Gasteiger partial charge is 0.0578 e. The van der Waals surface area contributed by atoms with E-state index in [4.69, 9.17) is 0 Å². The van der Waals surface area contributed by atoms with Crippen LogP contribution in [-0.2, 0) is 0 Å². The molecule has 0 saturated heterocycles. The molecule has 0 aliphatic carbocycles. The highest BCUT2D eigenvalue weighted by Gasteiger charge is 2.04. The lowest BCUT2D eigenvalue weighted by molar-refractivity contribution is 1.76. The Kier molecular flexibility index (Phi) is 1.93. The van der Waals surface area contributed by atoms with Crippen LogP contribution in [0.5, 0.6) is 0 Å². The monoisotopic (exact) mass is 216 g/mol. The lowest BCUT2D eigenvalue weighted by Crippen LogP contribution is -1.60. The molecular weight excluding hydrogens is 207 g/mol. The fraction of sp³-hybridized carbons (Fsp3) is 0. The summed E-state index contributed by atoms with van der Waals surface area (Å²) < 4.78 is 1.55. The Bertz CT molecular complexity index is 548. The third-order valence-electron chi connectivity index (χ3n) is 2.33. The Morgan fingerprint density at radius 1 is 0.929 bits per heavy atom. The maximum absolute atomic E-state index is 2.35. The minimum absolute atomic E-state index is 0.181. The van der Waals surface area contributed by atoms with E-state index in [0.717, 1.165) is 0 Å². The summed E-state index contributed by atoms with van der Waals surface area (Å²) in [5, 5.41) is 5.07. The van der Waals surface area contributed by atoms with Gasteiger partial charge in [-0.25, -0.2) is 0 Å². The van der Waals surface area contributed by atoms with Crippen LogP contribution in [0.15, 0.2) is 53.6 Å². The van der Waals surface area contributed by atoms with Crippen molar-refractivity contribution >= 4 is 28.7 Å². The van der Waals surface area contributed by atoms with Gasteiger partial charge < -0.3 is 0 Å². The van der Waals surface area contributed by atoms with Gasteiger partial charge in [0.1, 0.15) is 0 Å². The van der Waals surface area contributed by atoms with Gasteiger partial charge in [0.05, 0.1) is 4.43 Å². The molecule has 0 amide bonds. The van der Waals surface area contributed by atoms with E-state index in [1.807, 2.05) is 11.3 Å². The van der Waals surface area contributed by atoms with Crippen LogP contribution < -0.4 is 0 Å². The zero-order chi connectivity index (χ0) is 9.38. The average Bonchev–Trinajstić information content (AvgIpc) is 2.79. The maximum Gasteiger partial charge on any atom is 0.0578 e. The van der Waals surface area contributed by atoms with Crippen LogP contribution in [0.25, 0.3) is 15.1 Å². The minimum Gasteiger partial charge on any atom is -0.139 e. The molecule has 0 N–H and O–H groups in total. The highest BCUT2D eigenvalue weighted by Crippen LogP contribution is 2.49. The molecule has 0 aliphatic heterocycles. The van der Waals surface area contributed by atoms with E-state index in [1.54, 1.807) is 4.43 Å². The van der Waals surface area contributed by atoms with Crippen molar-refractivity contribution in [2.24, 2.45) is 0 Å². The molecule has 0 spiro atoms. The number of benzene rings is 1. The van der Waals surface area contributed by atoms with Gasteiger partial charge in [0, 0.05) is 0 Å². The van der Waals surface area contributed by atoms with E-state index >= 15 is 0 Å². The minimum atomic E-state index is -0.181. The first-order chi connectivity index (χ1) is 6.95. The fourth-order valence-electron chi connectivity index (χ4n) is 1.65. The molecule has 68 valence electrons. The summed E-state index contributed by atoms with van der Waals surface area (Å²) in [6.07, 6.45) is 0. The van der Waals surface area contributed by atoms with E-state index < -0.39 is 0 Å². The predicted molar refractivity (Wildman–Crippen MR) is 65.9 cm³/mol. The van der Waals surface area contributed by atoms with Crippen LogP contribution in [0.1, 0.15) is 0 Å². The summed E-state index contributed by atoms with van der Waals surface area (Å²) in [7, 11) is -0.181. The number of rotatable bonds is 1. The van der Waals surface area contributed by atoms with Crippen molar-refractivity contribution in [3.63, 3.8) is 0 Å².